The molecule has 0 saturated heterocycles. The normalized spacial score (nSPS) is 12.0. The molecular formula is C18H20BrClN6S. The number of nitrogens with zero attached hydrogens (tertiary/aromatic N) is 4. The average Bonchev–Trinajstić information content (AvgIpc) is 3.11. The fraction of sp³-hybridized carbons (Fsp3) is 0.278. The molecule has 2 N–H and O–H groups in total. The SMILES string of the molecule is Cc1nn(C)cc1C(C)NC(=S)Nc1nn(Cc2ccccc2Cl)cc1Br. The van der Waals surface area contributed by atoms with Crippen molar-refractivity contribution >= 4 is 50.7 Å². The number of aromatic nitrogens is 4. The van der Waals surface area contributed by atoms with Crippen molar-refractivity contribution in [3.63, 3.8) is 0 Å². The maximum atomic E-state index is 6.23. The molecule has 6 nitrogen and oxygen atoms in total. The summed E-state index contributed by atoms with van der Waals surface area (Å²) < 4.78 is 4.43. The van der Waals surface area contributed by atoms with Crippen LogP contribution in [0, 0.1) is 6.92 Å². The summed E-state index contributed by atoms with van der Waals surface area (Å²) >= 11 is 15.2. The van der Waals surface area contributed by atoms with Gasteiger partial charge in [0.2, 0.25) is 0 Å². The van der Waals surface area contributed by atoms with Gasteiger partial charge in [0.15, 0.2) is 10.9 Å². The summed E-state index contributed by atoms with van der Waals surface area (Å²) in [7, 11) is 1.91. The van der Waals surface area contributed by atoms with Crippen LogP contribution in [0.4, 0.5) is 5.82 Å². The van der Waals surface area contributed by atoms with Crippen molar-refractivity contribution in [2.45, 2.75) is 26.4 Å². The Kier molecular flexibility index (Phi) is 6.18. The third-order valence-electron chi connectivity index (χ3n) is 4.10. The molecule has 9 heteroatoms. The van der Waals surface area contributed by atoms with Crippen LogP contribution in [-0.4, -0.2) is 24.7 Å². The molecule has 0 aliphatic carbocycles. The van der Waals surface area contributed by atoms with E-state index in [0.717, 1.165) is 26.3 Å². The Morgan fingerprint density at radius 1 is 1.30 bits per heavy atom. The van der Waals surface area contributed by atoms with Crippen LogP contribution in [0.2, 0.25) is 5.02 Å². The molecule has 27 heavy (non-hydrogen) atoms. The van der Waals surface area contributed by atoms with Crippen LogP contribution in [0.25, 0.3) is 0 Å². The molecule has 2 heterocycles. The minimum Gasteiger partial charge on any atom is -0.356 e. The summed E-state index contributed by atoms with van der Waals surface area (Å²) in [5, 5.41) is 16.5. The Morgan fingerprint density at radius 3 is 2.70 bits per heavy atom. The summed E-state index contributed by atoms with van der Waals surface area (Å²) in [6.07, 6.45) is 3.88. The lowest BCUT2D eigenvalue weighted by atomic mass is 10.1. The number of rotatable bonds is 5. The lowest BCUT2D eigenvalue weighted by molar-refractivity contribution is 0.688. The maximum absolute atomic E-state index is 6.23. The van der Waals surface area contributed by atoms with E-state index in [1.807, 2.05) is 62.2 Å². The molecule has 1 unspecified atom stereocenters. The smallest absolute Gasteiger partial charge is 0.172 e. The van der Waals surface area contributed by atoms with Gasteiger partial charge in [0.05, 0.1) is 22.8 Å². The molecule has 2 aromatic heterocycles. The van der Waals surface area contributed by atoms with Crippen molar-refractivity contribution in [2.75, 3.05) is 5.32 Å². The highest BCUT2D eigenvalue weighted by molar-refractivity contribution is 9.10. The van der Waals surface area contributed by atoms with E-state index in [9.17, 15) is 0 Å². The zero-order valence-electron chi connectivity index (χ0n) is 15.2. The second kappa shape index (κ2) is 8.41. The van der Waals surface area contributed by atoms with E-state index in [0.29, 0.717) is 17.5 Å². The van der Waals surface area contributed by atoms with Gasteiger partial charge in [-0.3, -0.25) is 9.36 Å². The second-order valence-corrected chi connectivity index (χ2v) is 7.95. The number of hydrogen-bond acceptors (Lipinski definition) is 3. The summed E-state index contributed by atoms with van der Waals surface area (Å²) in [5.41, 5.74) is 3.08. The first-order valence-electron chi connectivity index (χ1n) is 8.37. The number of benzene rings is 1. The number of anilines is 1. The fourth-order valence-electron chi connectivity index (χ4n) is 2.82. The predicted molar refractivity (Wildman–Crippen MR) is 116 cm³/mol. The number of aryl methyl sites for hydroxylation is 2. The van der Waals surface area contributed by atoms with E-state index < -0.39 is 0 Å². The van der Waals surface area contributed by atoms with Gasteiger partial charge in [-0.1, -0.05) is 29.8 Å². The Balaban J connectivity index is 1.65. The van der Waals surface area contributed by atoms with E-state index in [2.05, 4.69) is 36.8 Å². The molecule has 142 valence electrons. The van der Waals surface area contributed by atoms with Gasteiger partial charge in [0.25, 0.3) is 0 Å². The first-order chi connectivity index (χ1) is 12.8. The Bertz CT molecular complexity index is 967. The van der Waals surface area contributed by atoms with E-state index in [1.54, 1.807) is 4.68 Å². The van der Waals surface area contributed by atoms with Crippen molar-refractivity contribution in [3.8, 4) is 0 Å². The maximum Gasteiger partial charge on any atom is 0.172 e. The van der Waals surface area contributed by atoms with Crippen molar-refractivity contribution < 1.29 is 0 Å². The largest absolute Gasteiger partial charge is 0.356 e. The van der Waals surface area contributed by atoms with Crippen LogP contribution in [0.5, 0.6) is 0 Å². The van der Waals surface area contributed by atoms with Crippen LogP contribution in [0.3, 0.4) is 0 Å². The van der Waals surface area contributed by atoms with Crippen LogP contribution in [0.15, 0.2) is 41.1 Å². The van der Waals surface area contributed by atoms with Gasteiger partial charge in [0.1, 0.15) is 0 Å². The third-order valence-corrected chi connectivity index (χ3v) is 5.27. The van der Waals surface area contributed by atoms with Crippen LogP contribution < -0.4 is 10.6 Å². The lowest BCUT2D eigenvalue weighted by Crippen LogP contribution is -2.31. The molecule has 0 saturated carbocycles. The molecule has 0 bridgehead atoms. The molecule has 0 spiro atoms. The van der Waals surface area contributed by atoms with Crippen LogP contribution in [0.1, 0.15) is 29.8 Å². The summed E-state index contributed by atoms with van der Waals surface area (Å²) in [6.45, 7) is 4.60. The highest BCUT2D eigenvalue weighted by Gasteiger charge is 2.15. The number of nitrogens with one attached hydrogen (secondary N) is 2. The molecule has 0 aliphatic rings. The molecule has 1 aromatic carbocycles. The van der Waals surface area contributed by atoms with Crippen LogP contribution >= 0.6 is 39.7 Å². The molecular weight excluding hydrogens is 448 g/mol. The predicted octanol–water partition coefficient (Wildman–Crippen LogP) is 4.44. The van der Waals surface area contributed by atoms with Gasteiger partial charge >= 0.3 is 0 Å². The molecule has 0 radical (unpaired) electrons. The average molecular weight is 468 g/mol. The van der Waals surface area contributed by atoms with E-state index in [-0.39, 0.29) is 6.04 Å². The van der Waals surface area contributed by atoms with Gasteiger partial charge in [-0.05, 0) is 53.6 Å². The van der Waals surface area contributed by atoms with E-state index in [4.69, 9.17) is 23.8 Å². The third kappa shape index (κ3) is 4.88. The standard InChI is InChI=1S/C18H20BrClN6S/c1-11(14-9-25(3)23-12(14)2)21-18(27)22-17-15(19)10-26(24-17)8-13-6-4-5-7-16(13)20/h4-7,9-11H,8H2,1-3H3,(H2,21,22,24,27). The molecule has 0 aliphatic heterocycles. The van der Waals surface area contributed by atoms with Gasteiger partial charge < -0.3 is 10.6 Å². The van der Waals surface area contributed by atoms with E-state index >= 15 is 0 Å². The minimum atomic E-state index is 0.0303. The molecule has 1 atom stereocenters. The van der Waals surface area contributed by atoms with Crippen molar-refractivity contribution in [1.29, 1.82) is 0 Å². The van der Waals surface area contributed by atoms with Crippen molar-refractivity contribution in [2.24, 2.45) is 7.05 Å². The topological polar surface area (TPSA) is 59.7 Å². The highest BCUT2D eigenvalue weighted by atomic mass is 79.9. The molecule has 3 aromatic rings. The Morgan fingerprint density at radius 2 is 2.04 bits per heavy atom. The van der Waals surface area contributed by atoms with Crippen molar-refractivity contribution in [1.82, 2.24) is 24.9 Å². The summed E-state index contributed by atoms with van der Waals surface area (Å²) in [6, 6.07) is 7.75. The van der Waals surface area contributed by atoms with Crippen LogP contribution in [-0.2, 0) is 13.6 Å². The number of halogens is 2. The molecule has 0 amide bonds. The Labute approximate surface area is 177 Å². The zero-order valence-corrected chi connectivity index (χ0v) is 18.4. The van der Waals surface area contributed by atoms with Gasteiger partial charge in [-0.15, -0.1) is 0 Å². The fourth-order valence-corrected chi connectivity index (χ4v) is 3.71. The lowest BCUT2D eigenvalue weighted by Gasteiger charge is -2.15. The van der Waals surface area contributed by atoms with E-state index in [1.165, 1.54) is 0 Å². The number of thiocarbonyl (C=S) groups is 1. The summed E-state index contributed by atoms with van der Waals surface area (Å²) in [4.78, 5) is 0. The number of hydrogen-bond donors (Lipinski definition) is 2. The zero-order chi connectivity index (χ0) is 19.6. The molecule has 3 rings (SSSR count). The van der Waals surface area contributed by atoms with Crippen molar-refractivity contribution in [3.05, 3.63) is 63.0 Å². The highest BCUT2D eigenvalue weighted by Crippen LogP contribution is 2.23. The van der Waals surface area contributed by atoms with Gasteiger partial charge in [-0.2, -0.15) is 10.2 Å². The van der Waals surface area contributed by atoms with Gasteiger partial charge in [0, 0.05) is 30.0 Å². The second-order valence-electron chi connectivity index (χ2n) is 6.28. The minimum absolute atomic E-state index is 0.0303. The monoisotopic (exact) mass is 466 g/mol. The van der Waals surface area contributed by atoms with Gasteiger partial charge in [-0.25, -0.2) is 0 Å². The summed E-state index contributed by atoms with van der Waals surface area (Å²) in [5.74, 6) is 0.648. The molecule has 0 fully saturated rings. The quantitative estimate of drug-likeness (QED) is 0.543. The first kappa shape index (κ1) is 19.9. The Hall–Kier alpha value is -1.90. The first-order valence-corrected chi connectivity index (χ1v) is 9.95.